The van der Waals surface area contributed by atoms with Crippen LogP contribution in [0.4, 0.5) is 4.39 Å². The zero-order valence-corrected chi connectivity index (χ0v) is 13.2. The van der Waals surface area contributed by atoms with Crippen molar-refractivity contribution < 1.29 is 9.13 Å². The van der Waals surface area contributed by atoms with Gasteiger partial charge in [-0.15, -0.1) is 0 Å². The Hall–Kier alpha value is -0.160. The number of hydrogen-bond acceptors (Lipinski definition) is 2. The Kier molecular flexibility index (Phi) is 5.63. The van der Waals surface area contributed by atoms with Crippen molar-refractivity contribution >= 4 is 27.5 Å². The third-order valence-electron chi connectivity index (χ3n) is 3.39. The molecule has 1 fully saturated rings. The van der Waals surface area contributed by atoms with Crippen molar-refractivity contribution in [3.63, 3.8) is 0 Å². The van der Waals surface area contributed by atoms with E-state index in [1.807, 2.05) is 6.92 Å². The molecule has 0 radical (unpaired) electrons. The molecule has 0 aromatic heterocycles. The first-order valence-electron chi connectivity index (χ1n) is 6.63. The molecule has 1 aliphatic rings. The van der Waals surface area contributed by atoms with Gasteiger partial charge in [-0.3, -0.25) is 0 Å². The minimum Gasteiger partial charge on any atom is -0.376 e. The maximum atomic E-state index is 14.2. The summed E-state index contributed by atoms with van der Waals surface area (Å²) in [5.74, 6) is -0.253. The monoisotopic (exact) mass is 349 g/mol. The lowest BCUT2D eigenvalue weighted by atomic mass is 9.95. The Morgan fingerprint density at radius 1 is 1.53 bits per heavy atom. The standard InChI is InChI=1S/C14H18BrClFNO/c1-2-18-14(13-5-3-4-6-19-13)9-7-11(16)10(15)8-12(9)17/h7-8,13-14,18H,2-6H2,1H3. The number of rotatable bonds is 4. The highest BCUT2D eigenvalue weighted by Gasteiger charge is 2.28. The van der Waals surface area contributed by atoms with Gasteiger partial charge in [0, 0.05) is 16.6 Å². The number of halogens is 3. The lowest BCUT2D eigenvalue weighted by Crippen LogP contribution is -2.36. The molecule has 106 valence electrons. The molecule has 5 heteroatoms. The van der Waals surface area contributed by atoms with Gasteiger partial charge in [-0.05, 0) is 53.9 Å². The molecule has 0 amide bonds. The second kappa shape index (κ2) is 7.02. The van der Waals surface area contributed by atoms with E-state index in [0.29, 0.717) is 15.1 Å². The zero-order chi connectivity index (χ0) is 13.8. The molecule has 1 N–H and O–H groups in total. The molecule has 2 rings (SSSR count). The Morgan fingerprint density at radius 3 is 2.95 bits per heavy atom. The van der Waals surface area contributed by atoms with E-state index in [1.165, 1.54) is 6.07 Å². The normalized spacial score (nSPS) is 21.4. The molecule has 0 bridgehead atoms. The smallest absolute Gasteiger partial charge is 0.129 e. The molecular weight excluding hydrogens is 333 g/mol. The predicted octanol–water partition coefficient (Wildman–Crippen LogP) is 4.46. The van der Waals surface area contributed by atoms with Gasteiger partial charge in [0.25, 0.3) is 0 Å². The van der Waals surface area contributed by atoms with E-state index in [0.717, 1.165) is 32.4 Å². The van der Waals surface area contributed by atoms with Crippen molar-refractivity contribution in [2.75, 3.05) is 13.2 Å². The van der Waals surface area contributed by atoms with Gasteiger partial charge in [-0.1, -0.05) is 18.5 Å². The van der Waals surface area contributed by atoms with Gasteiger partial charge in [0.15, 0.2) is 0 Å². The van der Waals surface area contributed by atoms with Gasteiger partial charge in [-0.25, -0.2) is 4.39 Å². The Balaban J connectivity index is 2.29. The fourth-order valence-corrected chi connectivity index (χ4v) is 2.95. The fourth-order valence-electron chi connectivity index (χ4n) is 2.47. The highest BCUT2D eigenvalue weighted by atomic mass is 79.9. The van der Waals surface area contributed by atoms with Crippen LogP contribution >= 0.6 is 27.5 Å². The summed E-state index contributed by atoms with van der Waals surface area (Å²) in [4.78, 5) is 0. The van der Waals surface area contributed by atoms with Crippen LogP contribution in [0.15, 0.2) is 16.6 Å². The number of benzene rings is 1. The molecule has 1 saturated heterocycles. The number of ether oxygens (including phenoxy) is 1. The third-order valence-corrected chi connectivity index (χ3v) is 4.58. The highest BCUT2D eigenvalue weighted by Crippen LogP contribution is 2.33. The topological polar surface area (TPSA) is 21.3 Å². The molecule has 2 unspecified atom stereocenters. The first kappa shape index (κ1) is 15.2. The predicted molar refractivity (Wildman–Crippen MR) is 79.1 cm³/mol. The summed E-state index contributed by atoms with van der Waals surface area (Å²) in [6, 6.07) is 2.97. The Morgan fingerprint density at radius 2 is 2.32 bits per heavy atom. The largest absolute Gasteiger partial charge is 0.376 e. The molecule has 1 aromatic rings. The summed E-state index contributed by atoms with van der Waals surface area (Å²) in [6.45, 7) is 3.52. The van der Waals surface area contributed by atoms with E-state index < -0.39 is 0 Å². The first-order chi connectivity index (χ1) is 9.13. The first-order valence-corrected chi connectivity index (χ1v) is 7.80. The third kappa shape index (κ3) is 3.69. The molecular formula is C14H18BrClFNO. The minimum atomic E-state index is -0.253. The maximum Gasteiger partial charge on any atom is 0.129 e. The van der Waals surface area contributed by atoms with Gasteiger partial charge in [0.1, 0.15) is 5.82 Å². The summed E-state index contributed by atoms with van der Waals surface area (Å²) in [7, 11) is 0. The van der Waals surface area contributed by atoms with E-state index in [4.69, 9.17) is 16.3 Å². The average Bonchev–Trinajstić information content (AvgIpc) is 2.42. The second-order valence-corrected chi connectivity index (χ2v) is 5.99. The van der Waals surface area contributed by atoms with Gasteiger partial charge in [-0.2, -0.15) is 0 Å². The Labute approximate surface area is 126 Å². The van der Waals surface area contributed by atoms with Gasteiger partial charge in [0.2, 0.25) is 0 Å². The van der Waals surface area contributed by atoms with Crippen LogP contribution in [0.1, 0.15) is 37.8 Å². The van der Waals surface area contributed by atoms with Crippen molar-refractivity contribution in [2.45, 2.75) is 38.3 Å². The number of likely N-dealkylation sites (N-methyl/N-ethyl adjacent to an activating group) is 1. The van der Waals surface area contributed by atoms with E-state index in [9.17, 15) is 4.39 Å². The van der Waals surface area contributed by atoms with Crippen LogP contribution in [-0.2, 0) is 4.74 Å². The van der Waals surface area contributed by atoms with Crippen LogP contribution in [0.25, 0.3) is 0 Å². The van der Waals surface area contributed by atoms with Crippen LogP contribution in [0.3, 0.4) is 0 Å². The molecule has 0 aliphatic carbocycles. The lowest BCUT2D eigenvalue weighted by Gasteiger charge is -2.31. The molecule has 19 heavy (non-hydrogen) atoms. The van der Waals surface area contributed by atoms with Crippen molar-refractivity contribution in [1.82, 2.24) is 5.32 Å². The van der Waals surface area contributed by atoms with Crippen molar-refractivity contribution in [1.29, 1.82) is 0 Å². The Bertz CT molecular complexity index is 438. The second-order valence-electron chi connectivity index (χ2n) is 4.73. The van der Waals surface area contributed by atoms with E-state index in [1.54, 1.807) is 6.07 Å². The van der Waals surface area contributed by atoms with Gasteiger partial charge in [0.05, 0.1) is 17.2 Å². The maximum absolute atomic E-state index is 14.2. The lowest BCUT2D eigenvalue weighted by molar-refractivity contribution is -0.00856. The minimum absolute atomic E-state index is 0.0143. The molecule has 1 aromatic carbocycles. The molecule has 0 spiro atoms. The summed E-state index contributed by atoms with van der Waals surface area (Å²) >= 11 is 9.33. The van der Waals surface area contributed by atoms with Crippen molar-refractivity contribution in [3.8, 4) is 0 Å². The quantitative estimate of drug-likeness (QED) is 0.809. The van der Waals surface area contributed by atoms with Gasteiger partial charge < -0.3 is 10.1 Å². The summed E-state index contributed by atoms with van der Waals surface area (Å²) in [5, 5.41) is 3.84. The van der Waals surface area contributed by atoms with E-state index in [2.05, 4.69) is 21.2 Å². The molecule has 2 atom stereocenters. The van der Waals surface area contributed by atoms with Crippen LogP contribution in [0.2, 0.25) is 5.02 Å². The highest BCUT2D eigenvalue weighted by molar-refractivity contribution is 9.10. The van der Waals surface area contributed by atoms with Crippen molar-refractivity contribution in [3.05, 3.63) is 33.0 Å². The number of nitrogens with one attached hydrogen (secondary N) is 1. The van der Waals surface area contributed by atoms with Crippen LogP contribution in [-0.4, -0.2) is 19.3 Å². The summed E-state index contributed by atoms with van der Waals surface area (Å²) in [6.07, 6.45) is 3.17. The molecule has 1 aliphatic heterocycles. The molecule has 0 saturated carbocycles. The fraction of sp³-hybridized carbons (Fsp3) is 0.571. The van der Waals surface area contributed by atoms with E-state index in [-0.39, 0.29) is 18.0 Å². The average molecular weight is 351 g/mol. The molecule has 2 nitrogen and oxygen atoms in total. The molecule has 1 heterocycles. The zero-order valence-electron chi connectivity index (χ0n) is 10.9. The van der Waals surface area contributed by atoms with E-state index >= 15 is 0 Å². The van der Waals surface area contributed by atoms with Crippen LogP contribution in [0.5, 0.6) is 0 Å². The van der Waals surface area contributed by atoms with Crippen LogP contribution in [0, 0.1) is 5.82 Å². The summed E-state index contributed by atoms with van der Waals surface area (Å²) in [5.41, 5.74) is 0.585. The van der Waals surface area contributed by atoms with Crippen molar-refractivity contribution in [2.24, 2.45) is 0 Å². The summed E-state index contributed by atoms with van der Waals surface area (Å²) < 4.78 is 20.5. The van der Waals surface area contributed by atoms with Gasteiger partial charge >= 0.3 is 0 Å². The SMILES string of the molecule is CCNC(c1cc(Cl)c(Br)cc1F)C1CCCCO1. The van der Waals surface area contributed by atoms with Crippen LogP contribution < -0.4 is 5.32 Å². The number of hydrogen-bond donors (Lipinski definition) is 1.